The lowest BCUT2D eigenvalue weighted by molar-refractivity contribution is -0.116. The van der Waals surface area contributed by atoms with Crippen LogP contribution in [0.4, 0.5) is 5.95 Å². The summed E-state index contributed by atoms with van der Waals surface area (Å²) in [6, 6.07) is 9.22. The Hall–Kier alpha value is -2.68. The van der Waals surface area contributed by atoms with Gasteiger partial charge in [-0.05, 0) is 24.1 Å². The zero-order valence-corrected chi connectivity index (χ0v) is 9.55. The summed E-state index contributed by atoms with van der Waals surface area (Å²) in [5.41, 5.74) is 1.63. The molecule has 6 nitrogen and oxygen atoms in total. The van der Waals surface area contributed by atoms with Crippen LogP contribution < -0.4 is 5.32 Å². The predicted molar refractivity (Wildman–Crippen MR) is 64.5 cm³/mol. The van der Waals surface area contributed by atoms with E-state index in [2.05, 4.69) is 26.6 Å². The first-order valence-corrected chi connectivity index (χ1v) is 5.42. The average molecular weight is 241 g/mol. The Morgan fingerprint density at radius 3 is 2.78 bits per heavy atom. The third kappa shape index (κ3) is 3.15. The molecule has 0 aliphatic rings. The number of benzene rings is 1. The van der Waals surface area contributed by atoms with E-state index in [1.165, 1.54) is 6.33 Å². The third-order valence-electron chi connectivity index (χ3n) is 2.40. The molecule has 0 bridgehead atoms. The second-order valence-corrected chi connectivity index (χ2v) is 3.69. The van der Waals surface area contributed by atoms with Crippen molar-refractivity contribution < 1.29 is 4.79 Å². The molecule has 1 aromatic heterocycles. The SMILES string of the molecule is N#Cc1ccc(CCC(=O)Nc2ncn[nH]2)cc1. The lowest BCUT2D eigenvalue weighted by Gasteiger charge is -2.02. The molecular formula is C12H11N5O. The molecule has 1 heterocycles. The lowest BCUT2D eigenvalue weighted by Crippen LogP contribution is -2.13. The van der Waals surface area contributed by atoms with Crippen molar-refractivity contribution in [1.82, 2.24) is 15.2 Å². The molecule has 0 atom stereocenters. The van der Waals surface area contributed by atoms with E-state index in [1.54, 1.807) is 12.1 Å². The van der Waals surface area contributed by atoms with Gasteiger partial charge in [0.1, 0.15) is 6.33 Å². The zero-order chi connectivity index (χ0) is 12.8. The molecule has 2 rings (SSSR count). The van der Waals surface area contributed by atoms with Gasteiger partial charge >= 0.3 is 0 Å². The number of rotatable bonds is 4. The Labute approximate surface area is 104 Å². The van der Waals surface area contributed by atoms with Crippen LogP contribution in [0.5, 0.6) is 0 Å². The van der Waals surface area contributed by atoms with Crippen LogP contribution in [0.2, 0.25) is 0 Å². The van der Waals surface area contributed by atoms with Crippen LogP contribution in [0.25, 0.3) is 0 Å². The van der Waals surface area contributed by atoms with Crippen LogP contribution in [0.3, 0.4) is 0 Å². The number of anilines is 1. The molecule has 1 amide bonds. The van der Waals surface area contributed by atoms with E-state index < -0.39 is 0 Å². The van der Waals surface area contributed by atoms with Crippen LogP contribution in [-0.4, -0.2) is 21.1 Å². The van der Waals surface area contributed by atoms with Gasteiger partial charge in [-0.1, -0.05) is 12.1 Å². The molecule has 18 heavy (non-hydrogen) atoms. The van der Waals surface area contributed by atoms with Gasteiger partial charge < -0.3 is 0 Å². The van der Waals surface area contributed by atoms with Gasteiger partial charge in [0, 0.05) is 6.42 Å². The van der Waals surface area contributed by atoms with Crippen molar-refractivity contribution in [3.63, 3.8) is 0 Å². The van der Waals surface area contributed by atoms with Crippen LogP contribution in [0, 0.1) is 11.3 Å². The number of aryl methyl sites for hydroxylation is 1. The van der Waals surface area contributed by atoms with Crippen LogP contribution in [0.15, 0.2) is 30.6 Å². The Morgan fingerprint density at radius 1 is 1.39 bits per heavy atom. The highest BCUT2D eigenvalue weighted by atomic mass is 16.1. The van der Waals surface area contributed by atoms with E-state index in [0.717, 1.165) is 5.56 Å². The normalized spacial score (nSPS) is 9.72. The quantitative estimate of drug-likeness (QED) is 0.842. The first-order valence-electron chi connectivity index (χ1n) is 5.42. The fourth-order valence-corrected chi connectivity index (χ4v) is 1.46. The van der Waals surface area contributed by atoms with Gasteiger partial charge in [0.05, 0.1) is 11.6 Å². The standard InChI is InChI=1S/C12H11N5O/c13-7-10-3-1-9(2-4-10)5-6-11(18)16-12-14-8-15-17-12/h1-4,8H,5-6H2,(H2,14,15,16,17,18). The van der Waals surface area contributed by atoms with E-state index in [0.29, 0.717) is 24.4 Å². The predicted octanol–water partition coefficient (Wildman–Crippen LogP) is 1.25. The Balaban J connectivity index is 1.83. The van der Waals surface area contributed by atoms with Crippen molar-refractivity contribution in [2.45, 2.75) is 12.8 Å². The second kappa shape index (κ2) is 5.59. The van der Waals surface area contributed by atoms with Gasteiger partial charge in [-0.15, -0.1) is 0 Å². The fourth-order valence-electron chi connectivity index (χ4n) is 1.46. The molecule has 0 aliphatic heterocycles. The molecule has 6 heteroatoms. The molecule has 0 saturated heterocycles. The van der Waals surface area contributed by atoms with E-state index >= 15 is 0 Å². The van der Waals surface area contributed by atoms with E-state index in [4.69, 9.17) is 5.26 Å². The lowest BCUT2D eigenvalue weighted by atomic mass is 10.1. The summed E-state index contributed by atoms with van der Waals surface area (Å²) in [5.74, 6) is 0.218. The summed E-state index contributed by atoms with van der Waals surface area (Å²) in [4.78, 5) is 15.4. The molecule has 90 valence electrons. The Kier molecular flexibility index (Phi) is 3.66. The fraction of sp³-hybridized carbons (Fsp3) is 0.167. The first kappa shape index (κ1) is 11.8. The number of nitrogens with one attached hydrogen (secondary N) is 2. The maximum atomic E-state index is 11.6. The molecule has 2 N–H and O–H groups in total. The second-order valence-electron chi connectivity index (χ2n) is 3.69. The number of nitrogens with zero attached hydrogens (tertiary/aromatic N) is 3. The monoisotopic (exact) mass is 241 g/mol. The number of aromatic amines is 1. The molecule has 1 aromatic carbocycles. The topological polar surface area (TPSA) is 94.5 Å². The highest BCUT2D eigenvalue weighted by Gasteiger charge is 2.04. The van der Waals surface area contributed by atoms with Crippen LogP contribution >= 0.6 is 0 Å². The van der Waals surface area contributed by atoms with Gasteiger partial charge in [-0.2, -0.15) is 15.3 Å². The minimum atomic E-state index is -0.129. The summed E-state index contributed by atoms with van der Waals surface area (Å²) in [6.45, 7) is 0. The van der Waals surface area contributed by atoms with Gasteiger partial charge in [-0.3, -0.25) is 10.1 Å². The van der Waals surface area contributed by atoms with E-state index in [-0.39, 0.29) is 5.91 Å². The molecule has 0 radical (unpaired) electrons. The summed E-state index contributed by atoms with van der Waals surface area (Å²) in [5, 5.41) is 17.4. The van der Waals surface area contributed by atoms with Gasteiger partial charge in [-0.25, -0.2) is 5.10 Å². The maximum Gasteiger partial charge on any atom is 0.227 e. The van der Waals surface area contributed by atoms with Crippen molar-refractivity contribution in [2.75, 3.05) is 5.32 Å². The minimum Gasteiger partial charge on any atom is -0.295 e. The van der Waals surface area contributed by atoms with Gasteiger partial charge in [0.25, 0.3) is 0 Å². The van der Waals surface area contributed by atoms with E-state index in [9.17, 15) is 4.79 Å². The number of carbonyl (C=O) groups excluding carboxylic acids is 1. The maximum absolute atomic E-state index is 11.6. The van der Waals surface area contributed by atoms with Crippen molar-refractivity contribution in [3.05, 3.63) is 41.7 Å². The molecule has 0 aliphatic carbocycles. The number of nitriles is 1. The molecule has 0 unspecified atom stereocenters. The molecular weight excluding hydrogens is 230 g/mol. The molecule has 0 spiro atoms. The Morgan fingerprint density at radius 2 is 2.17 bits per heavy atom. The number of hydrogen-bond donors (Lipinski definition) is 2. The number of amides is 1. The van der Waals surface area contributed by atoms with Crippen molar-refractivity contribution >= 4 is 11.9 Å². The summed E-state index contributed by atoms with van der Waals surface area (Å²) >= 11 is 0. The summed E-state index contributed by atoms with van der Waals surface area (Å²) in [6.07, 6.45) is 2.30. The van der Waals surface area contributed by atoms with Crippen molar-refractivity contribution in [1.29, 1.82) is 5.26 Å². The van der Waals surface area contributed by atoms with Gasteiger partial charge in [0.15, 0.2) is 0 Å². The van der Waals surface area contributed by atoms with E-state index in [1.807, 2.05) is 12.1 Å². The third-order valence-corrected chi connectivity index (χ3v) is 2.40. The first-order chi connectivity index (χ1) is 8.78. The number of hydrogen-bond acceptors (Lipinski definition) is 4. The number of carbonyl (C=O) groups is 1. The van der Waals surface area contributed by atoms with Gasteiger partial charge in [0.2, 0.25) is 11.9 Å². The average Bonchev–Trinajstić information content (AvgIpc) is 2.90. The largest absolute Gasteiger partial charge is 0.295 e. The molecule has 0 saturated carbocycles. The molecule has 0 fully saturated rings. The van der Waals surface area contributed by atoms with Crippen molar-refractivity contribution in [3.8, 4) is 6.07 Å². The summed E-state index contributed by atoms with van der Waals surface area (Å²) in [7, 11) is 0. The number of H-pyrrole nitrogens is 1. The smallest absolute Gasteiger partial charge is 0.227 e. The molecule has 2 aromatic rings. The Bertz CT molecular complexity index is 553. The highest BCUT2D eigenvalue weighted by Crippen LogP contribution is 2.06. The minimum absolute atomic E-state index is 0.129. The van der Waals surface area contributed by atoms with Crippen molar-refractivity contribution in [2.24, 2.45) is 0 Å². The van der Waals surface area contributed by atoms with Crippen LogP contribution in [-0.2, 0) is 11.2 Å². The highest BCUT2D eigenvalue weighted by molar-refractivity contribution is 5.88. The summed E-state index contributed by atoms with van der Waals surface area (Å²) < 4.78 is 0. The number of aromatic nitrogens is 3. The zero-order valence-electron chi connectivity index (χ0n) is 9.55. The van der Waals surface area contributed by atoms with Crippen LogP contribution in [0.1, 0.15) is 17.5 Å².